The van der Waals surface area contributed by atoms with E-state index in [1.807, 2.05) is 30.3 Å². The molecule has 26 heavy (non-hydrogen) atoms. The lowest BCUT2D eigenvalue weighted by molar-refractivity contribution is -0.235. The molecule has 2 aromatic rings. The Kier molecular flexibility index (Phi) is 5.02. The second kappa shape index (κ2) is 7.39. The van der Waals surface area contributed by atoms with E-state index in [0.717, 1.165) is 5.56 Å². The molecule has 2 aromatic carbocycles. The van der Waals surface area contributed by atoms with Crippen molar-refractivity contribution in [3.05, 3.63) is 60.2 Å². The number of carbonyl (C=O) groups is 2. The maximum absolute atomic E-state index is 11.9. The molecule has 0 N–H and O–H groups in total. The Morgan fingerprint density at radius 2 is 1.62 bits per heavy atom. The SMILES string of the molecule is CC1(C)OC(=O)C(C=Nc2ccc(OCc3ccccc3)cc2)C(=O)O1. The van der Waals surface area contributed by atoms with Crippen LogP contribution in [0.2, 0.25) is 0 Å². The summed E-state index contributed by atoms with van der Waals surface area (Å²) >= 11 is 0. The first-order valence-electron chi connectivity index (χ1n) is 8.20. The zero-order valence-electron chi connectivity index (χ0n) is 14.5. The van der Waals surface area contributed by atoms with Gasteiger partial charge in [0.25, 0.3) is 5.79 Å². The third-order valence-electron chi connectivity index (χ3n) is 3.66. The lowest BCUT2D eigenvalue weighted by Crippen LogP contribution is -2.46. The number of ether oxygens (including phenoxy) is 3. The summed E-state index contributed by atoms with van der Waals surface area (Å²) < 4.78 is 15.8. The fraction of sp³-hybridized carbons (Fsp3) is 0.250. The van der Waals surface area contributed by atoms with Gasteiger partial charge in [0.15, 0.2) is 5.92 Å². The Morgan fingerprint density at radius 1 is 1.00 bits per heavy atom. The molecular weight excluding hydrogens is 334 g/mol. The standard InChI is InChI=1S/C20H19NO5/c1-20(2)25-18(22)17(19(23)26-20)12-21-15-8-10-16(11-9-15)24-13-14-6-4-3-5-7-14/h3-12,17H,13H2,1-2H3. The van der Waals surface area contributed by atoms with E-state index in [9.17, 15) is 9.59 Å². The predicted octanol–water partition coefficient (Wildman–Crippen LogP) is 3.42. The van der Waals surface area contributed by atoms with Gasteiger partial charge in [0.05, 0.1) is 5.69 Å². The Hall–Kier alpha value is -3.15. The Bertz CT molecular complexity index is 792. The average molecular weight is 353 g/mol. The summed E-state index contributed by atoms with van der Waals surface area (Å²) in [7, 11) is 0. The normalized spacial score (nSPS) is 17.0. The largest absolute Gasteiger partial charge is 0.489 e. The van der Waals surface area contributed by atoms with Crippen molar-refractivity contribution in [2.75, 3.05) is 0 Å². The predicted molar refractivity (Wildman–Crippen MR) is 95.1 cm³/mol. The zero-order valence-corrected chi connectivity index (χ0v) is 14.5. The van der Waals surface area contributed by atoms with Gasteiger partial charge in [-0.2, -0.15) is 0 Å². The van der Waals surface area contributed by atoms with Crippen LogP contribution in [0.25, 0.3) is 0 Å². The minimum atomic E-state index is -1.24. The summed E-state index contributed by atoms with van der Waals surface area (Å²) in [5, 5.41) is 0. The van der Waals surface area contributed by atoms with Crippen molar-refractivity contribution in [3.63, 3.8) is 0 Å². The number of nitrogens with zero attached hydrogens (tertiary/aromatic N) is 1. The van der Waals surface area contributed by atoms with Crippen molar-refractivity contribution in [3.8, 4) is 5.75 Å². The van der Waals surface area contributed by atoms with Gasteiger partial charge in [-0.15, -0.1) is 0 Å². The summed E-state index contributed by atoms with van der Waals surface area (Å²) in [6.45, 7) is 3.48. The molecule has 3 rings (SSSR count). The zero-order chi connectivity index (χ0) is 18.6. The van der Waals surface area contributed by atoms with Crippen molar-refractivity contribution < 1.29 is 23.8 Å². The van der Waals surface area contributed by atoms with Gasteiger partial charge in [-0.1, -0.05) is 30.3 Å². The molecule has 0 radical (unpaired) electrons. The number of carbonyl (C=O) groups excluding carboxylic acids is 2. The van der Waals surface area contributed by atoms with Crippen LogP contribution < -0.4 is 4.74 Å². The van der Waals surface area contributed by atoms with E-state index in [1.165, 1.54) is 20.1 Å². The van der Waals surface area contributed by atoms with Gasteiger partial charge in [-0.05, 0) is 29.8 Å². The molecular formula is C20H19NO5. The molecule has 0 amide bonds. The Balaban J connectivity index is 1.59. The molecule has 0 aromatic heterocycles. The quantitative estimate of drug-likeness (QED) is 0.468. The van der Waals surface area contributed by atoms with E-state index in [2.05, 4.69) is 4.99 Å². The number of esters is 2. The maximum Gasteiger partial charge on any atom is 0.329 e. The summed E-state index contributed by atoms with van der Waals surface area (Å²) in [6.07, 6.45) is 1.24. The van der Waals surface area contributed by atoms with Crippen molar-refractivity contribution in [1.29, 1.82) is 0 Å². The summed E-state index contributed by atoms with van der Waals surface area (Å²) in [4.78, 5) is 27.9. The fourth-order valence-electron chi connectivity index (χ4n) is 2.38. The van der Waals surface area contributed by atoms with E-state index in [-0.39, 0.29) is 0 Å². The minimum absolute atomic E-state index is 0.471. The van der Waals surface area contributed by atoms with Gasteiger partial charge in [0, 0.05) is 20.1 Å². The number of cyclic esters (lactones) is 2. The van der Waals surface area contributed by atoms with E-state index in [0.29, 0.717) is 18.0 Å². The topological polar surface area (TPSA) is 74.2 Å². The number of hydrogen-bond acceptors (Lipinski definition) is 6. The molecule has 1 saturated heterocycles. The minimum Gasteiger partial charge on any atom is -0.489 e. The van der Waals surface area contributed by atoms with Gasteiger partial charge in [0.2, 0.25) is 0 Å². The summed E-state index contributed by atoms with van der Waals surface area (Å²) in [5.41, 5.74) is 1.66. The molecule has 0 atom stereocenters. The lowest BCUT2D eigenvalue weighted by atomic mass is 10.1. The first kappa shape index (κ1) is 17.7. The van der Waals surface area contributed by atoms with Gasteiger partial charge in [-0.25, -0.2) is 0 Å². The molecule has 0 unspecified atom stereocenters. The maximum atomic E-state index is 11.9. The van der Waals surface area contributed by atoms with Crippen LogP contribution in [0.1, 0.15) is 19.4 Å². The average Bonchev–Trinajstić information content (AvgIpc) is 2.60. The number of benzene rings is 2. The van der Waals surface area contributed by atoms with Gasteiger partial charge in [-0.3, -0.25) is 14.6 Å². The molecule has 134 valence electrons. The van der Waals surface area contributed by atoms with Crippen molar-refractivity contribution >= 4 is 23.8 Å². The summed E-state index contributed by atoms with van der Waals surface area (Å²) in [5.74, 6) is -3.03. The van der Waals surface area contributed by atoms with Crippen LogP contribution in [0.15, 0.2) is 59.6 Å². The highest BCUT2D eigenvalue weighted by Gasteiger charge is 2.42. The van der Waals surface area contributed by atoms with Crippen molar-refractivity contribution in [1.82, 2.24) is 0 Å². The van der Waals surface area contributed by atoms with Gasteiger partial charge in [0.1, 0.15) is 12.4 Å². The number of aliphatic imine (C=N–C) groups is 1. The molecule has 1 aliphatic rings. The first-order valence-corrected chi connectivity index (χ1v) is 8.20. The van der Waals surface area contributed by atoms with Crippen molar-refractivity contribution in [2.45, 2.75) is 26.2 Å². The number of rotatable bonds is 5. The van der Waals surface area contributed by atoms with E-state index in [1.54, 1.807) is 24.3 Å². The van der Waals surface area contributed by atoms with E-state index in [4.69, 9.17) is 14.2 Å². The monoisotopic (exact) mass is 353 g/mol. The van der Waals surface area contributed by atoms with Crippen LogP contribution >= 0.6 is 0 Å². The summed E-state index contributed by atoms with van der Waals surface area (Å²) in [6, 6.07) is 16.9. The van der Waals surface area contributed by atoms with Crippen LogP contribution in [0, 0.1) is 5.92 Å². The van der Waals surface area contributed by atoms with Crippen molar-refractivity contribution in [2.24, 2.45) is 10.9 Å². The molecule has 1 aliphatic heterocycles. The molecule has 6 nitrogen and oxygen atoms in total. The second-order valence-electron chi connectivity index (χ2n) is 6.27. The number of hydrogen-bond donors (Lipinski definition) is 0. The highest BCUT2D eigenvalue weighted by Crippen LogP contribution is 2.24. The molecule has 0 saturated carbocycles. The molecule has 0 bridgehead atoms. The van der Waals surface area contributed by atoms with Gasteiger partial charge >= 0.3 is 11.9 Å². The fourth-order valence-corrected chi connectivity index (χ4v) is 2.38. The third-order valence-corrected chi connectivity index (χ3v) is 3.66. The smallest absolute Gasteiger partial charge is 0.329 e. The molecule has 0 aliphatic carbocycles. The Morgan fingerprint density at radius 3 is 2.23 bits per heavy atom. The van der Waals surface area contributed by atoms with Crippen LogP contribution in [0.4, 0.5) is 5.69 Å². The molecule has 1 fully saturated rings. The van der Waals surface area contributed by atoms with Crippen LogP contribution in [0.5, 0.6) is 5.75 Å². The molecule has 6 heteroatoms. The highest BCUT2D eigenvalue weighted by atomic mass is 16.7. The van der Waals surface area contributed by atoms with Crippen LogP contribution in [0.3, 0.4) is 0 Å². The third kappa shape index (κ3) is 4.47. The second-order valence-corrected chi connectivity index (χ2v) is 6.27. The van der Waals surface area contributed by atoms with Gasteiger partial charge < -0.3 is 14.2 Å². The lowest BCUT2D eigenvalue weighted by Gasteiger charge is -2.31. The van der Waals surface area contributed by atoms with Crippen LogP contribution in [-0.4, -0.2) is 23.9 Å². The van der Waals surface area contributed by atoms with Crippen LogP contribution in [-0.2, 0) is 25.7 Å². The van der Waals surface area contributed by atoms with E-state index >= 15 is 0 Å². The van der Waals surface area contributed by atoms with E-state index < -0.39 is 23.6 Å². The highest BCUT2D eigenvalue weighted by molar-refractivity contribution is 6.10. The first-order chi connectivity index (χ1) is 12.4. The Labute approximate surface area is 151 Å². The molecule has 1 heterocycles. The molecule has 0 spiro atoms.